The van der Waals surface area contributed by atoms with Crippen LogP contribution in [-0.2, 0) is 0 Å². The Balaban J connectivity index is 2.51. The summed E-state index contributed by atoms with van der Waals surface area (Å²) in [6, 6.07) is 4.04. The molecule has 0 amide bonds. The van der Waals surface area contributed by atoms with E-state index in [4.69, 9.17) is 5.21 Å². The zero-order chi connectivity index (χ0) is 10.8. The van der Waals surface area contributed by atoms with Crippen molar-refractivity contribution >= 4 is 23.3 Å². The molecule has 2 rings (SSSR count). The fourth-order valence-electron chi connectivity index (χ4n) is 1.41. The SMILES string of the molecule is Cc1cc2nc(/N=C/NO)[nH]c2cc1C. The van der Waals surface area contributed by atoms with E-state index < -0.39 is 0 Å². The minimum absolute atomic E-state index is 0.469. The molecule has 5 nitrogen and oxygen atoms in total. The third-order valence-electron chi connectivity index (χ3n) is 2.33. The summed E-state index contributed by atoms with van der Waals surface area (Å²) in [5, 5.41) is 8.35. The number of rotatable bonds is 2. The van der Waals surface area contributed by atoms with Crippen molar-refractivity contribution in [2.45, 2.75) is 13.8 Å². The number of aromatic nitrogens is 2. The van der Waals surface area contributed by atoms with Crippen LogP contribution in [-0.4, -0.2) is 21.5 Å². The van der Waals surface area contributed by atoms with Gasteiger partial charge in [-0.1, -0.05) is 0 Å². The molecule has 3 N–H and O–H groups in total. The maximum Gasteiger partial charge on any atom is 0.229 e. The molecule has 0 saturated heterocycles. The van der Waals surface area contributed by atoms with Crippen molar-refractivity contribution in [3.63, 3.8) is 0 Å². The van der Waals surface area contributed by atoms with Gasteiger partial charge in [0.2, 0.25) is 5.95 Å². The van der Waals surface area contributed by atoms with Crippen molar-refractivity contribution in [1.29, 1.82) is 0 Å². The van der Waals surface area contributed by atoms with Gasteiger partial charge in [0.15, 0.2) is 0 Å². The molecule has 78 valence electrons. The minimum atomic E-state index is 0.469. The summed E-state index contributed by atoms with van der Waals surface area (Å²) >= 11 is 0. The van der Waals surface area contributed by atoms with Crippen LogP contribution in [0.25, 0.3) is 11.0 Å². The fraction of sp³-hybridized carbons (Fsp3) is 0.200. The summed E-state index contributed by atoms with van der Waals surface area (Å²) in [6.07, 6.45) is 1.16. The van der Waals surface area contributed by atoms with Gasteiger partial charge in [-0.15, -0.1) is 0 Å². The van der Waals surface area contributed by atoms with Crippen molar-refractivity contribution in [3.05, 3.63) is 23.3 Å². The number of fused-ring (bicyclic) bond motifs is 1. The highest BCUT2D eigenvalue weighted by Gasteiger charge is 2.02. The Morgan fingerprint density at radius 3 is 2.87 bits per heavy atom. The van der Waals surface area contributed by atoms with Gasteiger partial charge in [-0.25, -0.2) is 9.98 Å². The van der Waals surface area contributed by atoms with E-state index in [2.05, 4.69) is 15.0 Å². The lowest BCUT2D eigenvalue weighted by Crippen LogP contribution is -2.00. The van der Waals surface area contributed by atoms with Crippen LogP contribution in [0.2, 0.25) is 0 Å². The number of hydroxylamine groups is 1. The normalized spacial score (nSPS) is 11.4. The third-order valence-corrected chi connectivity index (χ3v) is 2.33. The van der Waals surface area contributed by atoms with Crippen molar-refractivity contribution in [2.24, 2.45) is 4.99 Å². The number of aromatic amines is 1. The lowest BCUT2D eigenvalue weighted by atomic mass is 10.1. The smallest absolute Gasteiger partial charge is 0.229 e. The molecule has 1 aromatic heterocycles. The number of nitrogens with zero attached hydrogens (tertiary/aromatic N) is 2. The number of hydrogen-bond donors (Lipinski definition) is 3. The van der Waals surface area contributed by atoms with E-state index in [1.54, 1.807) is 0 Å². The largest absolute Gasteiger partial charge is 0.322 e. The zero-order valence-electron chi connectivity index (χ0n) is 8.57. The van der Waals surface area contributed by atoms with E-state index in [0.717, 1.165) is 17.4 Å². The number of imidazole rings is 1. The molecule has 0 radical (unpaired) electrons. The molecule has 0 atom stereocenters. The molecular weight excluding hydrogens is 192 g/mol. The molecule has 0 aliphatic carbocycles. The maximum absolute atomic E-state index is 8.35. The Hall–Kier alpha value is -1.88. The Labute approximate surface area is 86.8 Å². The summed E-state index contributed by atoms with van der Waals surface area (Å²) in [7, 11) is 0. The first-order valence-electron chi connectivity index (χ1n) is 4.60. The second-order valence-corrected chi connectivity index (χ2v) is 3.40. The highest BCUT2D eigenvalue weighted by atomic mass is 16.5. The Morgan fingerprint density at radius 2 is 2.13 bits per heavy atom. The summed E-state index contributed by atoms with van der Waals surface area (Å²) < 4.78 is 0. The summed E-state index contributed by atoms with van der Waals surface area (Å²) in [5.41, 5.74) is 6.07. The van der Waals surface area contributed by atoms with Crippen LogP contribution in [0, 0.1) is 13.8 Å². The lowest BCUT2D eigenvalue weighted by molar-refractivity contribution is 0.240. The van der Waals surface area contributed by atoms with Gasteiger partial charge in [0.25, 0.3) is 0 Å². The van der Waals surface area contributed by atoms with E-state index in [1.807, 2.05) is 31.5 Å². The van der Waals surface area contributed by atoms with Gasteiger partial charge in [0, 0.05) is 0 Å². The number of aliphatic imine (C=N–C) groups is 1. The van der Waals surface area contributed by atoms with Gasteiger partial charge in [-0.05, 0) is 37.1 Å². The van der Waals surface area contributed by atoms with Gasteiger partial charge in [0.05, 0.1) is 11.0 Å². The second-order valence-electron chi connectivity index (χ2n) is 3.40. The van der Waals surface area contributed by atoms with Crippen LogP contribution >= 0.6 is 0 Å². The van der Waals surface area contributed by atoms with Gasteiger partial charge in [0.1, 0.15) is 6.34 Å². The highest BCUT2D eigenvalue weighted by molar-refractivity contribution is 5.79. The number of aryl methyl sites for hydroxylation is 2. The molecule has 0 aliphatic heterocycles. The minimum Gasteiger partial charge on any atom is -0.322 e. The van der Waals surface area contributed by atoms with Gasteiger partial charge in [-0.3, -0.25) is 10.7 Å². The maximum atomic E-state index is 8.35. The highest BCUT2D eigenvalue weighted by Crippen LogP contribution is 2.19. The van der Waals surface area contributed by atoms with E-state index in [-0.39, 0.29) is 0 Å². The molecule has 1 heterocycles. The van der Waals surface area contributed by atoms with Gasteiger partial charge >= 0.3 is 0 Å². The Kier molecular flexibility index (Phi) is 2.39. The molecule has 2 aromatic rings. The molecular formula is C10H12N4O. The Morgan fingerprint density at radius 1 is 1.40 bits per heavy atom. The first kappa shape index (κ1) is 9.67. The first-order chi connectivity index (χ1) is 7.20. The first-order valence-corrected chi connectivity index (χ1v) is 4.60. The lowest BCUT2D eigenvalue weighted by Gasteiger charge is -1.97. The predicted octanol–water partition coefficient (Wildman–Crippen LogP) is 1.82. The van der Waals surface area contributed by atoms with Crippen molar-refractivity contribution in [1.82, 2.24) is 15.4 Å². The van der Waals surface area contributed by atoms with Crippen LogP contribution in [0.4, 0.5) is 5.95 Å². The molecule has 0 bridgehead atoms. The molecule has 5 heteroatoms. The standard InChI is InChI=1S/C10H12N4O/c1-6-3-8-9(4-7(6)2)14-10(13-8)11-5-12-15/h3-5,15H,1-2H3,(H2,11,12,13,14). The average molecular weight is 204 g/mol. The van der Waals surface area contributed by atoms with Crippen LogP contribution in [0.15, 0.2) is 17.1 Å². The third kappa shape index (κ3) is 1.82. The number of hydrogen-bond acceptors (Lipinski definition) is 3. The van der Waals surface area contributed by atoms with E-state index >= 15 is 0 Å². The van der Waals surface area contributed by atoms with Crippen LogP contribution in [0.1, 0.15) is 11.1 Å². The quantitative estimate of drug-likeness (QED) is 0.397. The Bertz CT molecular complexity index is 476. The monoisotopic (exact) mass is 204 g/mol. The zero-order valence-corrected chi connectivity index (χ0v) is 8.57. The van der Waals surface area contributed by atoms with Crippen LogP contribution in [0.3, 0.4) is 0 Å². The molecule has 0 aliphatic rings. The molecule has 0 spiro atoms. The average Bonchev–Trinajstić information content (AvgIpc) is 2.58. The van der Waals surface area contributed by atoms with Crippen molar-refractivity contribution in [2.75, 3.05) is 0 Å². The fourth-order valence-corrected chi connectivity index (χ4v) is 1.41. The molecule has 0 fully saturated rings. The summed E-state index contributed by atoms with van der Waals surface area (Å²) in [6.45, 7) is 4.09. The second kappa shape index (κ2) is 3.70. The summed E-state index contributed by atoms with van der Waals surface area (Å²) in [5.74, 6) is 0.469. The van der Waals surface area contributed by atoms with Crippen molar-refractivity contribution < 1.29 is 5.21 Å². The van der Waals surface area contributed by atoms with E-state index in [1.165, 1.54) is 11.1 Å². The summed E-state index contributed by atoms with van der Waals surface area (Å²) in [4.78, 5) is 11.2. The molecule has 0 saturated carbocycles. The van der Waals surface area contributed by atoms with E-state index in [0.29, 0.717) is 5.95 Å². The number of benzene rings is 1. The topological polar surface area (TPSA) is 73.3 Å². The number of H-pyrrole nitrogens is 1. The number of nitrogens with one attached hydrogen (secondary N) is 2. The predicted molar refractivity (Wildman–Crippen MR) is 58.6 cm³/mol. The van der Waals surface area contributed by atoms with Gasteiger partial charge in [-0.2, -0.15) is 0 Å². The molecule has 15 heavy (non-hydrogen) atoms. The molecule has 0 unspecified atom stereocenters. The molecule has 1 aromatic carbocycles. The van der Waals surface area contributed by atoms with E-state index in [9.17, 15) is 0 Å². The van der Waals surface area contributed by atoms with Crippen molar-refractivity contribution in [3.8, 4) is 0 Å². The van der Waals surface area contributed by atoms with Crippen LogP contribution < -0.4 is 5.48 Å². The van der Waals surface area contributed by atoms with Crippen LogP contribution in [0.5, 0.6) is 0 Å². The van der Waals surface area contributed by atoms with Gasteiger partial charge < -0.3 is 4.98 Å².